The predicted molar refractivity (Wildman–Crippen MR) is 57.2 cm³/mol. The molecule has 2 rings (SSSR count). The Morgan fingerprint density at radius 3 is 3.07 bits per heavy atom. The van der Waals surface area contributed by atoms with Crippen LogP contribution in [0.15, 0.2) is 21.0 Å². The van der Waals surface area contributed by atoms with E-state index in [4.69, 9.17) is 9.15 Å². The molecule has 0 fully saturated rings. The highest BCUT2D eigenvalue weighted by atomic mass is 79.9. The molecule has 0 aliphatic carbocycles. The zero-order valence-corrected chi connectivity index (χ0v) is 9.67. The summed E-state index contributed by atoms with van der Waals surface area (Å²) in [6.07, 6.45) is 0.583. The Hall–Kier alpha value is -0.940. The van der Waals surface area contributed by atoms with E-state index in [1.807, 2.05) is 0 Å². The molecule has 0 aliphatic rings. The van der Waals surface area contributed by atoms with Crippen molar-refractivity contribution in [3.8, 4) is 0 Å². The fourth-order valence-corrected chi connectivity index (χ4v) is 1.80. The molecule has 0 saturated carbocycles. The van der Waals surface area contributed by atoms with Gasteiger partial charge in [-0.2, -0.15) is 0 Å². The third kappa shape index (κ3) is 2.18. The normalized spacial score (nSPS) is 11.1. The van der Waals surface area contributed by atoms with E-state index in [1.54, 1.807) is 7.11 Å². The predicted octanol–water partition coefficient (Wildman–Crippen LogP) is 2.92. The molecular formula is C10H9BrFNO2. The van der Waals surface area contributed by atoms with Crippen molar-refractivity contribution in [2.45, 2.75) is 6.42 Å². The highest BCUT2D eigenvalue weighted by molar-refractivity contribution is 9.10. The number of halogens is 2. The van der Waals surface area contributed by atoms with Crippen molar-refractivity contribution in [1.29, 1.82) is 0 Å². The Morgan fingerprint density at radius 1 is 1.53 bits per heavy atom. The molecule has 0 unspecified atom stereocenters. The van der Waals surface area contributed by atoms with Gasteiger partial charge in [0.25, 0.3) is 0 Å². The molecule has 0 saturated heterocycles. The topological polar surface area (TPSA) is 35.3 Å². The van der Waals surface area contributed by atoms with E-state index in [2.05, 4.69) is 20.9 Å². The second-order valence-corrected chi connectivity index (χ2v) is 3.94. The van der Waals surface area contributed by atoms with Crippen LogP contribution in [0.4, 0.5) is 4.39 Å². The number of ether oxygens (including phenoxy) is 1. The highest BCUT2D eigenvalue weighted by Crippen LogP contribution is 2.26. The molecular weight excluding hydrogens is 265 g/mol. The maximum absolute atomic E-state index is 13.0. The van der Waals surface area contributed by atoms with Crippen molar-refractivity contribution in [3.05, 3.63) is 28.3 Å². The van der Waals surface area contributed by atoms with Gasteiger partial charge in [-0.15, -0.1) is 0 Å². The van der Waals surface area contributed by atoms with Crippen molar-refractivity contribution in [2.24, 2.45) is 0 Å². The Balaban J connectivity index is 2.41. The lowest BCUT2D eigenvalue weighted by Crippen LogP contribution is -1.93. The van der Waals surface area contributed by atoms with Gasteiger partial charge in [-0.1, -0.05) is 0 Å². The summed E-state index contributed by atoms with van der Waals surface area (Å²) in [6.45, 7) is 0.535. The van der Waals surface area contributed by atoms with E-state index in [0.29, 0.717) is 34.5 Å². The number of fused-ring (bicyclic) bond motifs is 1. The first-order valence-corrected chi connectivity index (χ1v) is 5.23. The number of oxazole rings is 1. The van der Waals surface area contributed by atoms with E-state index in [-0.39, 0.29) is 5.82 Å². The van der Waals surface area contributed by atoms with Crippen molar-refractivity contribution in [3.63, 3.8) is 0 Å². The lowest BCUT2D eigenvalue weighted by molar-refractivity contribution is 0.196. The van der Waals surface area contributed by atoms with Crippen LogP contribution in [0, 0.1) is 5.82 Å². The van der Waals surface area contributed by atoms with Gasteiger partial charge in [0.1, 0.15) is 11.3 Å². The summed E-state index contributed by atoms with van der Waals surface area (Å²) in [6, 6.07) is 2.70. The van der Waals surface area contributed by atoms with Crippen molar-refractivity contribution >= 4 is 27.0 Å². The molecule has 0 radical (unpaired) electrons. The lowest BCUT2D eigenvalue weighted by Gasteiger charge is -1.92. The largest absolute Gasteiger partial charge is 0.439 e. The van der Waals surface area contributed by atoms with E-state index < -0.39 is 0 Å². The summed E-state index contributed by atoms with van der Waals surface area (Å²) in [5.74, 6) is 0.221. The summed E-state index contributed by atoms with van der Waals surface area (Å²) < 4.78 is 24.0. The first kappa shape index (κ1) is 10.6. The maximum atomic E-state index is 13.0. The summed E-state index contributed by atoms with van der Waals surface area (Å²) in [5.41, 5.74) is 1.09. The van der Waals surface area contributed by atoms with Gasteiger partial charge in [-0.05, 0) is 22.0 Å². The van der Waals surface area contributed by atoms with Crippen molar-refractivity contribution in [1.82, 2.24) is 4.98 Å². The first-order valence-electron chi connectivity index (χ1n) is 4.44. The number of rotatable bonds is 3. The number of aromatic nitrogens is 1. The van der Waals surface area contributed by atoms with Gasteiger partial charge in [0.15, 0.2) is 11.5 Å². The van der Waals surface area contributed by atoms with E-state index in [1.165, 1.54) is 12.1 Å². The van der Waals surface area contributed by atoms with Gasteiger partial charge in [0, 0.05) is 19.6 Å². The molecule has 0 spiro atoms. The van der Waals surface area contributed by atoms with Gasteiger partial charge < -0.3 is 9.15 Å². The molecule has 0 amide bonds. The van der Waals surface area contributed by atoms with Crippen LogP contribution in [-0.4, -0.2) is 18.7 Å². The van der Waals surface area contributed by atoms with Crippen LogP contribution in [0.2, 0.25) is 0 Å². The third-order valence-corrected chi connectivity index (χ3v) is 2.56. The van der Waals surface area contributed by atoms with Gasteiger partial charge in [-0.3, -0.25) is 0 Å². The molecule has 15 heavy (non-hydrogen) atoms. The molecule has 2 aromatic rings. The molecule has 1 heterocycles. The quantitative estimate of drug-likeness (QED) is 0.863. The van der Waals surface area contributed by atoms with Crippen LogP contribution in [0.25, 0.3) is 11.1 Å². The smallest absolute Gasteiger partial charge is 0.197 e. The lowest BCUT2D eigenvalue weighted by atomic mass is 10.3. The van der Waals surface area contributed by atoms with Crippen LogP contribution >= 0.6 is 15.9 Å². The number of methoxy groups -OCH3 is 1. The van der Waals surface area contributed by atoms with Crippen LogP contribution in [-0.2, 0) is 11.2 Å². The maximum Gasteiger partial charge on any atom is 0.197 e. The van der Waals surface area contributed by atoms with Gasteiger partial charge in [0.2, 0.25) is 0 Å². The number of benzene rings is 1. The van der Waals surface area contributed by atoms with E-state index in [9.17, 15) is 4.39 Å². The van der Waals surface area contributed by atoms with Crippen LogP contribution < -0.4 is 0 Å². The molecule has 0 N–H and O–H groups in total. The van der Waals surface area contributed by atoms with Crippen molar-refractivity contribution in [2.75, 3.05) is 13.7 Å². The molecule has 0 atom stereocenters. The molecule has 3 nitrogen and oxygen atoms in total. The second kappa shape index (κ2) is 4.28. The Morgan fingerprint density at radius 2 is 2.33 bits per heavy atom. The number of hydrogen-bond acceptors (Lipinski definition) is 3. The van der Waals surface area contributed by atoms with Gasteiger partial charge in [0.05, 0.1) is 11.1 Å². The fourth-order valence-electron chi connectivity index (χ4n) is 1.30. The fraction of sp³-hybridized carbons (Fsp3) is 0.300. The van der Waals surface area contributed by atoms with Crippen LogP contribution in [0.3, 0.4) is 0 Å². The monoisotopic (exact) mass is 273 g/mol. The molecule has 80 valence electrons. The Bertz CT molecular complexity index is 483. The Labute approximate surface area is 94.4 Å². The second-order valence-electron chi connectivity index (χ2n) is 3.09. The van der Waals surface area contributed by atoms with E-state index in [0.717, 1.165) is 0 Å². The molecule has 1 aromatic carbocycles. The average Bonchev–Trinajstić information content (AvgIpc) is 2.57. The highest BCUT2D eigenvalue weighted by Gasteiger charge is 2.10. The zero-order valence-electron chi connectivity index (χ0n) is 8.09. The minimum absolute atomic E-state index is 0.332. The first-order chi connectivity index (χ1) is 7.20. The third-order valence-electron chi connectivity index (χ3n) is 1.97. The van der Waals surface area contributed by atoms with Gasteiger partial charge >= 0.3 is 0 Å². The number of nitrogens with zero attached hydrogens (tertiary/aromatic N) is 1. The molecule has 1 aromatic heterocycles. The minimum Gasteiger partial charge on any atom is -0.439 e. The van der Waals surface area contributed by atoms with E-state index >= 15 is 0 Å². The molecule has 0 bridgehead atoms. The standard InChI is InChI=1S/C10H9BrFNO2/c1-14-3-2-9-13-8-5-6(12)4-7(11)10(8)15-9/h4-5H,2-3H2,1H3. The van der Waals surface area contributed by atoms with Crippen LogP contribution in [0.5, 0.6) is 0 Å². The zero-order chi connectivity index (χ0) is 10.8. The SMILES string of the molecule is COCCc1nc2cc(F)cc(Br)c2o1. The molecule has 0 aliphatic heterocycles. The van der Waals surface area contributed by atoms with Crippen molar-refractivity contribution < 1.29 is 13.5 Å². The van der Waals surface area contributed by atoms with Gasteiger partial charge in [-0.25, -0.2) is 9.37 Å². The summed E-state index contributed by atoms with van der Waals surface area (Å²) in [4.78, 5) is 4.16. The Kier molecular flexibility index (Phi) is 3.02. The number of hydrogen-bond donors (Lipinski definition) is 0. The molecule has 5 heteroatoms. The summed E-state index contributed by atoms with van der Waals surface area (Å²) in [7, 11) is 1.61. The van der Waals surface area contributed by atoms with Crippen LogP contribution in [0.1, 0.15) is 5.89 Å². The average molecular weight is 274 g/mol. The minimum atomic E-state index is -0.332. The summed E-state index contributed by atoms with van der Waals surface area (Å²) in [5, 5.41) is 0. The summed E-state index contributed by atoms with van der Waals surface area (Å²) >= 11 is 3.22.